The molecule has 0 fully saturated rings. The van der Waals surface area contributed by atoms with Crippen LogP contribution >= 0.6 is 0 Å². The molecule has 0 rings (SSSR count). The Kier molecular flexibility index (Phi) is 4.67. The summed E-state index contributed by atoms with van der Waals surface area (Å²) in [5.74, 6) is 0.532. The molecule has 1 unspecified atom stereocenters. The number of rotatable bonds is 4. The summed E-state index contributed by atoms with van der Waals surface area (Å²) in [5.41, 5.74) is 0. The minimum Gasteiger partial charge on any atom is -0.396 e. The number of aliphatic hydroxyl groups is 1. The third-order valence-electron chi connectivity index (χ3n) is 1.16. The molecular formula is C7H13O. The molecule has 0 aromatic heterocycles. The van der Waals surface area contributed by atoms with E-state index in [1.54, 1.807) is 6.08 Å². The topological polar surface area (TPSA) is 20.2 Å². The second kappa shape index (κ2) is 4.85. The Balaban J connectivity index is 3.03. The van der Waals surface area contributed by atoms with Crippen LogP contribution in [0, 0.1) is 12.5 Å². The van der Waals surface area contributed by atoms with Crippen LogP contribution in [0.1, 0.15) is 19.8 Å². The van der Waals surface area contributed by atoms with E-state index < -0.39 is 0 Å². The van der Waals surface area contributed by atoms with Crippen LogP contribution in [-0.4, -0.2) is 11.7 Å². The van der Waals surface area contributed by atoms with Crippen molar-refractivity contribution in [3.8, 4) is 0 Å². The minimum absolute atomic E-state index is 0.273. The molecule has 0 bridgehead atoms. The van der Waals surface area contributed by atoms with Crippen LogP contribution in [0.2, 0.25) is 0 Å². The average molecular weight is 113 g/mol. The summed E-state index contributed by atoms with van der Waals surface area (Å²) in [4.78, 5) is 0. The van der Waals surface area contributed by atoms with Crippen LogP contribution in [0.4, 0.5) is 0 Å². The molecule has 0 heterocycles. The molecule has 0 aromatic rings. The minimum atomic E-state index is 0.273. The molecule has 0 saturated carbocycles. The lowest BCUT2D eigenvalue weighted by molar-refractivity contribution is 0.263. The first kappa shape index (κ1) is 7.70. The highest BCUT2D eigenvalue weighted by Gasteiger charge is 1.95. The molecule has 0 aromatic carbocycles. The lowest BCUT2D eigenvalue weighted by atomic mass is 10.1. The zero-order valence-electron chi connectivity index (χ0n) is 5.30. The average Bonchev–Trinajstić information content (AvgIpc) is 1.68. The van der Waals surface area contributed by atoms with Crippen LogP contribution in [0.3, 0.4) is 0 Å². The van der Waals surface area contributed by atoms with Gasteiger partial charge in [-0.3, -0.25) is 0 Å². The van der Waals surface area contributed by atoms with Crippen molar-refractivity contribution in [3.05, 3.63) is 12.7 Å². The summed E-state index contributed by atoms with van der Waals surface area (Å²) < 4.78 is 0. The van der Waals surface area contributed by atoms with Gasteiger partial charge in [0.15, 0.2) is 0 Å². The van der Waals surface area contributed by atoms with Crippen molar-refractivity contribution < 1.29 is 5.11 Å². The van der Waals surface area contributed by atoms with Crippen molar-refractivity contribution in [2.45, 2.75) is 19.8 Å². The number of aliphatic hydroxyl groups excluding tert-OH is 1. The van der Waals surface area contributed by atoms with Gasteiger partial charge in [-0.15, -0.1) is 0 Å². The molecule has 8 heavy (non-hydrogen) atoms. The summed E-state index contributed by atoms with van der Waals surface area (Å²) in [5, 5.41) is 8.41. The predicted molar refractivity (Wildman–Crippen MR) is 34.4 cm³/mol. The predicted octanol–water partition coefficient (Wildman–Crippen LogP) is 1.38. The Hall–Kier alpha value is -0.300. The Morgan fingerprint density at radius 3 is 2.75 bits per heavy atom. The normalized spacial score (nSPS) is 13.2. The van der Waals surface area contributed by atoms with Crippen molar-refractivity contribution in [1.29, 1.82) is 0 Å². The monoisotopic (exact) mass is 113 g/mol. The highest BCUT2D eigenvalue weighted by Crippen LogP contribution is 2.05. The molecule has 0 saturated heterocycles. The maximum absolute atomic E-state index is 8.41. The van der Waals surface area contributed by atoms with E-state index in [4.69, 9.17) is 11.7 Å². The van der Waals surface area contributed by atoms with Gasteiger partial charge in [-0.05, 0) is 18.8 Å². The lowest BCUT2D eigenvalue weighted by Gasteiger charge is -2.02. The molecule has 0 aliphatic carbocycles. The number of allylic oxidation sites excluding steroid dienone is 1. The number of hydrogen-bond donors (Lipinski definition) is 1. The Morgan fingerprint density at radius 1 is 1.75 bits per heavy atom. The molecule has 1 radical (unpaired) electrons. The van der Waals surface area contributed by atoms with Crippen LogP contribution in [0.5, 0.6) is 0 Å². The zero-order chi connectivity index (χ0) is 6.41. The van der Waals surface area contributed by atoms with Crippen LogP contribution in [-0.2, 0) is 0 Å². The summed E-state index contributed by atoms with van der Waals surface area (Å²) in [6.07, 6.45) is 3.40. The highest BCUT2D eigenvalue weighted by atomic mass is 16.2. The van der Waals surface area contributed by atoms with E-state index in [0.29, 0.717) is 5.92 Å². The molecule has 0 amide bonds. The van der Waals surface area contributed by atoms with Gasteiger partial charge in [0.25, 0.3) is 0 Å². The van der Waals surface area contributed by atoms with Crippen LogP contribution < -0.4 is 0 Å². The quantitative estimate of drug-likeness (QED) is 0.584. The fourth-order valence-electron chi connectivity index (χ4n) is 0.571. The second-order valence-corrected chi connectivity index (χ2v) is 2.09. The molecule has 1 nitrogen and oxygen atoms in total. The van der Waals surface area contributed by atoms with Gasteiger partial charge in [0.2, 0.25) is 0 Å². The zero-order valence-corrected chi connectivity index (χ0v) is 5.30. The Bertz CT molecular complexity index is 59.4. The van der Waals surface area contributed by atoms with Gasteiger partial charge < -0.3 is 5.11 Å². The molecule has 0 aliphatic rings. The van der Waals surface area contributed by atoms with Gasteiger partial charge in [-0.2, -0.15) is 0 Å². The van der Waals surface area contributed by atoms with Gasteiger partial charge in [0.05, 0.1) is 0 Å². The molecular weight excluding hydrogens is 100 g/mol. The Labute approximate surface area is 51.0 Å². The van der Waals surface area contributed by atoms with Crippen LogP contribution in [0.15, 0.2) is 6.08 Å². The highest BCUT2D eigenvalue weighted by molar-refractivity contribution is 4.66. The van der Waals surface area contributed by atoms with Gasteiger partial charge in [0.1, 0.15) is 0 Å². The first-order valence-electron chi connectivity index (χ1n) is 2.95. The van der Waals surface area contributed by atoms with E-state index in [1.165, 1.54) is 0 Å². The van der Waals surface area contributed by atoms with Crippen molar-refractivity contribution >= 4 is 0 Å². The molecule has 1 N–H and O–H groups in total. The molecule has 1 heteroatoms. The second-order valence-electron chi connectivity index (χ2n) is 2.09. The van der Waals surface area contributed by atoms with Gasteiger partial charge in [-0.1, -0.05) is 19.6 Å². The third-order valence-corrected chi connectivity index (χ3v) is 1.16. The summed E-state index contributed by atoms with van der Waals surface area (Å²) in [6.45, 7) is 7.49. The van der Waals surface area contributed by atoms with E-state index in [9.17, 15) is 0 Å². The smallest absolute Gasteiger partial charge is 0.0433 e. The fraction of sp³-hybridized carbons (Fsp3) is 0.714. The molecule has 0 aliphatic heterocycles. The lowest BCUT2D eigenvalue weighted by Crippen LogP contribution is -1.95. The first-order chi connectivity index (χ1) is 3.81. The largest absolute Gasteiger partial charge is 0.396 e. The standard InChI is InChI=1S/C7H13O/c1-3-4-7(2)5-6-8/h1,3,7-8H,4-6H2,2H3. The fourth-order valence-corrected chi connectivity index (χ4v) is 0.571. The van der Waals surface area contributed by atoms with Gasteiger partial charge >= 0.3 is 0 Å². The van der Waals surface area contributed by atoms with Crippen LogP contribution in [0.25, 0.3) is 0 Å². The van der Waals surface area contributed by atoms with E-state index in [2.05, 4.69) is 6.92 Å². The summed E-state index contributed by atoms with van der Waals surface area (Å²) >= 11 is 0. The van der Waals surface area contributed by atoms with Gasteiger partial charge in [-0.25, -0.2) is 0 Å². The summed E-state index contributed by atoms with van der Waals surface area (Å²) in [7, 11) is 0. The Morgan fingerprint density at radius 2 is 2.38 bits per heavy atom. The SMILES string of the molecule is [CH]=CCC(C)CCO. The van der Waals surface area contributed by atoms with Crippen molar-refractivity contribution in [1.82, 2.24) is 0 Å². The van der Waals surface area contributed by atoms with Gasteiger partial charge in [0, 0.05) is 6.61 Å². The third kappa shape index (κ3) is 3.88. The van der Waals surface area contributed by atoms with E-state index in [1.807, 2.05) is 0 Å². The maximum Gasteiger partial charge on any atom is 0.0433 e. The van der Waals surface area contributed by atoms with Crippen molar-refractivity contribution in [2.24, 2.45) is 5.92 Å². The number of hydrogen-bond acceptors (Lipinski definition) is 1. The first-order valence-corrected chi connectivity index (χ1v) is 2.95. The summed E-state index contributed by atoms with van der Waals surface area (Å²) in [6, 6.07) is 0. The van der Waals surface area contributed by atoms with Crippen molar-refractivity contribution in [3.63, 3.8) is 0 Å². The maximum atomic E-state index is 8.41. The molecule has 1 atom stereocenters. The molecule has 0 spiro atoms. The van der Waals surface area contributed by atoms with Crippen molar-refractivity contribution in [2.75, 3.05) is 6.61 Å². The molecule has 47 valence electrons. The van der Waals surface area contributed by atoms with E-state index >= 15 is 0 Å². The van der Waals surface area contributed by atoms with E-state index in [0.717, 1.165) is 12.8 Å². The van der Waals surface area contributed by atoms with E-state index in [-0.39, 0.29) is 6.61 Å².